The zero-order valence-electron chi connectivity index (χ0n) is 7.55. The number of hydrogen-bond donors (Lipinski definition) is 2. The lowest BCUT2D eigenvalue weighted by molar-refractivity contribution is -0.116. The summed E-state index contributed by atoms with van der Waals surface area (Å²) in [5.74, 6) is -2.61. The Balaban J connectivity index is 2.99. The Hall–Kier alpha value is -2.16. The van der Waals surface area contributed by atoms with Crippen molar-refractivity contribution < 1.29 is 13.6 Å². The van der Waals surface area contributed by atoms with Gasteiger partial charge in [-0.05, 0) is 12.1 Å². The van der Waals surface area contributed by atoms with Crippen molar-refractivity contribution in [3.8, 4) is 6.07 Å². The van der Waals surface area contributed by atoms with Gasteiger partial charge >= 0.3 is 0 Å². The van der Waals surface area contributed by atoms with Crippen molar-refractivity contribution in [2.45, 2.75) is 0 Å². The van der Waals surface area contributed by atoms with E-state index in [4.69, 9.17) is 11.0 Å². The maximum absolute atomic E-state index is 13.1. The number of rotatable bonds is 3. The zero-order chi connectivity index (χ0) is 11.4. The van der Waals surface area contributed by atoms with Crippen molar-refractivity contribution >= 4 is 11.6 Å². The molecular weight excluding hydrogens is 204 g/mol. The third-order valence-corrected chi connectivity index (χ3v) is 1.61. The van der Waals surface area contributed by atoms with E-state index in [2.05, 4.69) is 5.32 Å². The summed E-state index contributed by atoms with van der Waals surface area (Å²) in [6.45, 7) is -0.375. The molecule has 1 aromatic rings. The Morgan fingerprint density at radius 3 is 2.40 bits per heavy atom. The van der Waals surface area contributed by atoms with Crippen LogP contribution in [-0.4, -0.2) is 12.5 Å². The van der Waals surface area contributed by atoms with Gasteiger partial charge in [0.15, 0.2) is 11.6 Å². The molecule has 1 aromatic carbocycles. The van der Waals surface area contributed by atoms with E-state index in [1.165, 1.54) is 0 Å². The van der Waals surface area contributed by atoms with Crippen molar-refractivity contribution in [1.82, 2.24) is 0 Å². The van der Waals surface area contributed by atoms with Gasteiger partial charge in [0.2, 0.25) is 5.91 Å². The molecule has 0 saturated carbocycles. The molecule has 15 heavy (non-hydrogen) atoms. The van der Waals surface area contributed by atoms with Crippen LogP contribution in [0.4, 0.5) is 14.5 Å². The highest BCUT2D eigenvalue weighted by Crippen LogP contribution is 2.19. The molecule has 0 atom stereocenters. The van der Waals surface area contributed by atoms with Gasteiger partial charge in [-0.3, -0.25) is 4.79 Å². The number of benzene rings is 1. The van der Waals surface area contributed by atoms with Crippen LogP contribution < -0.4 is 11.1 Å². The molecule has 0 heterocycles. The molecule has 0 unspecified atom stereocenters. The first-order valence-corrected chi connectivity index (χ1v) is 3.96. The molecule has 4 nitrogen and oxygen atoms in total. The molecule has 0 aromatic heterocycles. The van der Waals surface area contributed by atoms with E-state index < -0.39 is 23.2 Å². The number of nitriles is 1. The smallest absolute Gasteiger partial charge is 0.236 e. The average molecular weight is 211 g/mol. The fourth-order valence-electron chi connectivity index (χ4n) is 0.982. The fraction of sp³-hybridized carbons (Fsp3) is 0.111. The summed E-state index contributed by atoms with van der Waals surface area (Å²) in [5.41, 5.74) is 4.20. The van der Waals surface area contributed by atoms with E-state index >= 15 is 0 Å². The predicted molar refractivity (Wildman–Crippen MR) is 48.8 cm³/mol. The van der Waals surface area contributed by atoms with E-state index in [1.807, 2.05) is 0 Å². The van der Waals surface area contributed by atoms with Crippen LogP contribution in [0, 0.1) is 23.0 Å². The molecular formula is C9H7F2N3O. The molecule has 0 aliphatic rings. The first kappa shape index (κ1) is 10.9. The lowest BCUT2D eigenvalue weighted by Gasteiger charge is -2.06. The highest BCUT2D eigenvalue weighted by molar-refractivity contribution is 5.78. The van der Waals surface area contributed by atoms with Crippen molar-refractivity contribution in [3.05, 3.63) is 29.3 Å². The lowest BCUT2D eigenvalue weighted by atomic mass is 10.2. The monoisotopic (exact) mass is 211 g/mol. The van der Waals surface area contributed by atoms with E-state index in [1.54, 1.807) is 6.07 Å². The number of amides is 1. The molecule has 0 spiro atoms. The summed E-state index contributed by atoms with van der Waals surface area (Å²) in [6.07, 6.45) is 0. The summed E-state index contributed by atoms with van der Waals surface area (Å²) in [6, 6.07) is 3.34. The van der Waals surface area contributed by atoms with Crippen LogP contribution in [0.15, 0.2) is 12.1 Å². The van der Waals surface area contributed by atoms with Gasteiger partial charge in [-0.2, -0.15) is 5.26 Å². The van der Waals surface area contributed by atoms with E-state index in [9.17, 15) is 13.6 Å². The van der Waals surface area contributed by atoms with Gasteiger partial charge in [0.05, 0.1) is 18.2 Å². The van der Waals surface area contributed by atoms with Gasteiger partial charge in [0, 0.05) is 0 Å². The highest BCUT2D eigenvalue weighted by Gasteiger charge is 2.11. The molecule has 3 N–H and O–H groups in total. The molecule has 6 heteroatoms. The van der Waals surface area contributed by atoms with Crippen LogP contribution in [0.5, 0.6) is 0 Å². The van der Waals surface area contributed by atoms with Gasteiger partial charge in [-0.25, -0.2) is 8.78 Å². The van der Waals surface area contributed by atoms with Gasteiger partial charge in [0.25, 0.3) is 0 Å². The van der Waals surface area contributed by atoms with Crippen LogP contribution in [0.3, 0.4) is 0 Å². The minimum atomic E-state index is -0.937. The number of nitrogens with two attached hydrogens (primary N) is 1. The summed E-state index contributed by atoms with van der Waals surface area (Å²) in [4.78, 5) is 10.4. The largest absolute Gasteiger partial charge is 0.371 e. The third-order valence-electron chi connectivity index (χ3n) is 1.61. The molecule has 0 aliphatic carbocycles. The second-order valence-electron chi connectivity index (χ2n) is 2.75. The van der Waals surface area contributed by atoms with E-state index in [-0.39, 0.29) is 12.1 Å². The second-order valence-corrected chi connectivity index (χ2v) is 2.75. The van der Waals surface area contributed by atoms with Crippen LogP contribution in [-0.2, 0) is 4.79 Å². The first-order valence-electron chi connectivity index (χ1n) is 3.96. The summed E-state index contributed by atoms with van der Waals surface area (Å²) in [5, 5.41) is 10.6. The van der Waals surface area contributed by atoms with Gasteiger partial charge in [-0.15, -0.1) is 0 Å². The maximum Gasteiger partial charge on any atom is 0.236 e. The molecule has 0 aliphatic heterocycles. The molecule has 78 valence electrons. The number of anilines is 1. The summed E-state index contributed by atoms with van der Waals surface area (Å²) < 4.78 is 26.3. The second kappa shape index (κ2) is 4.37. The van der Waals surface area contributed by atoms with Crippen LogP contribution in [0.2, 0.25) is 0 Å². The van der Waals surface area contributed by atoms with Gasteiger partial charge in [0.1, 0.15) is 5.69 Å². The van der Waals surface area contributed by atoms with Crippen molar-refractivity contribution in [3.63, 3.8) is 0 Å². The van der Waals surface area contributed by atoms with Crippen LogP contribution in [0.25, 0.3) is 0 Å². The topological polar surface area (TPSA) is 78.9 Å². The van der Waals surface area contributed by atoms with Crippen molar-refractivity contribution in [1.29, 1.82) is 5.26 Å². The normalized spacial score (nSPS) is 9.40. The molecule has 1 amide bonds. The quantitative estimate of drug-likeness (QED) is 0.773. The van der Waals surface area contributed by atoms with Crippen LogP contribution in [0.1, 0.15) is 5.56 Å². The van der Waals surface area contributed by atoms with Crippen molar-refractivity contribution in [2.75, 3.05) is 11.9 Å². The summed E-state index contributed by atoms with van der Waals surface area (Å²) >= 11 is 0. The number of carbonyl (C=O) groups excluding carboxylic acids is 1. The molecule has 0 fully saturated rings. The Morgan fingerprint density at radius 2 is 2.00 bits per heavy atom. The third kappa shape index (κ3) is 2.64. The minimum Gasteiger partial charge on any atom is -0.371 e. The Labute approximate surface area is 84.3 Å². The van der Waals surface area contributed by atoms with Crippen molar-refractivity contribution in [2.24, 2.45) is 5.73 Å². The molecule has 0 radical (unpaired) electrons. The molecule has 0 saturated heterocycles. The minimum absolute atomic E-state index is 0.130. The molecule has 1 rings (SSSR count). The summed E-state index contributed by atoms with van der Waals surface area (Å²) in [7, 11) is 0. The van der Waals surface area contributed by atoms with Gasteiger partial charge in [-0.1, -0.05) is 0 Å². The number of carbonyl (C=O) groups is 1. The molecule has 0 bridgehead atoms. The van der Waals surface area contributed by atoms with E-state index in [0.717, 1.165) is 12.1 Å². The Morgan fingerprint density at radius 1 is 1.47 bits per heavy atom. The van der Waals surface area contributed by atoms with E-state index in [0.29, 0.717) is 0 Å². The average Bonchev–Trinajstić information content (AvgIpc) is 2.15. The zero-order valence-corrected chi connectivity index (χ0v) is 7.55. The van der Waals surface area contributed by atoms with Crippen LogP contribution >= 0.6 is 0 Å². The Bertz CT molecular complexity index is 416. The number of halogens is 2. The number of primary amides is 1. The first-order chi connectivity index (χ1) is 7.04. The number of nitrogens with one attached hydrogen (secondary N) is 1. The van der Waals surface area contributed by atoms with Gasteiger partial charge < -0.3 is 11.1 Å². The Kier molecular flexibility index (Phi) is 3.18. The number of hydrogen-bond acceptors (Lipinski definition) is 3. The maximum atomic E-state index is 13.1. The lowest BCUT2D eigenvalue weighted by Crippen LogP contribution is -2.22. The standard InChI is InChI=1S/C9H7F2N3O/c10-6-1-5(3-12)2-7(11)9(6)14-4-8(13)15/h1-2,14H,4H2,(H2,13,15). The SMILES string of the molecule is N#Cc1cc(F)c(NCC(N)=O)c(F)c1. The fourth-order valence-corrected chi connectivity index (χ4v) is 0.982. The predicted octanol–water partition coefficient (Wildman–Crippen LogP) is 0.734. The number of nitrogens with zero attached hydrogens (tertiary/aromatic N) is 1. The highest BCUT2D eigenvalue weighted by atomic mass is 19.1.